The normalized spacial score (nSPS) is 10.0. The lowest BCUT2D eigenvalue weighted by Crippen LogP contribution is -2.20. The molecule has 0 spiro atoms. The van der Waals surface area contributed by atoms with Gasteiger partial charge in [0.05, 0.1) is 14.2 Å². The number of anilines is 2. The minimum atomic E-state index is -0.482. The first-order chi connectivity index (χ1) is 10.5. The van der Waals surface area contributed by atoms with Crippen molar-refractivity contribution >= 4 is 17.4 Å². The van der Waals surface area contributed by atoms with Crippen LogP contribution in [-0.4, -0.2) is 20.3 Å². The standard InChI is InChI=1S/C16H17FN2O3/c1-10-14(17)5-4-6-15(10)19-16(20)18-11-7-12(21-2)9-13(8-11)22-3/h4-9H,1-3H3,(H2,18,19,20). The maximum atomic E-state index is 13.4. The number of carbonyl (C=O) groups is 1. The van der Waals surface area contributed by atoms with Crippen LogP contribution in [0.5, 0.6) is 11.5 Å². The highest BCUT2D eigenvalue weighted by Crippen LogP contribution is 2.26. The smallest absolute Gasteiger partial charge is 0.323 e. The summed E-state index contributed by atoms with van der Waals surface area (Å²) in [5.41, 5.74) is 1.29. The van der Waals surface area contributed by atoms with Crippen molar-refractivity contribution in [1.82, 2.24) is 0 Å². The SMILES string of the molecule is COc1cc(NC(=O)Nc2cccc(F)c2C)cc(OC)c1. The highest BCUT2D eigenvalue weighted by atomic mass is 19.1. The fourth-order valence-corrected chi connectivity index (χ4v) is 1.91. The Hall–Kier alpha value is -2.76. The first kappa shape index (κ1) is 15.6. The maximum absolute atomic E-state index is 13.4. The molecule has 0 bridgehead atoms. The van der Waals surface area contributed by atoms with E-state index in [1.54, 1.807) is 31.2 Å². The zero-order valence-electron chi connectivity index (χ0n) is 12.6. The number of hydrogen-bond acceptors (Lipinski definition) is 3. The summed E-state index contributed by atoms with van der Waals surface area (Å²) in [6.45, 7) is 1.60. The van der Waals surface area contributed by atoms with Gasteiger partial charge < -0.3 is 20.1 Å². The third-order valence-corrected chi connectivity index (χ3v) is 3.13. The Kier molecular flexibility index (Phi) is 4.83. The van der Waals surface area contributed by atoms with Crippen LogP contribution in [0.4, 0.5) is 20.6 Å². The van der Waals surface area contributed by atoms with Gasteiger partial charge in [0.2, 0.25) is 0 Å². The van der Waals surface area contributed by atoms with Crippen molar-refractivity contribution in [3.63, 3.8) is 0 Å². The van der Waals surface area contributed by atoms with Crippen molar-refractivity contribution in [1.29, 1.82) is 0 Å². The molecule has 116 valence electrons. The fourth-order valence-electron chi connectivity index (χ4n) is 1.91. The van der Waals surface area contributed by atoms with E-state index in [4.69, 9.17) is 9.47 Å². The molecular weight excluding hydrogens is 287 g/mol. The molecule has 0 radical (unpaired) electrons. The molecule has 0 atom stereocenters. The molecule has 0 aromatic heterocycles. The van der Waals surface area contributed by atoms with Gasteiger partial charge in [-0.25, -0.2) is 9.18 Å². The zero-order chi connectivity index (χ0) is 16.1. The summed E-state index contributed by atoms with van der Waals surface area (Å²) >= 11 is 0. The van der Waals surface area contributed by atoms with E-state index in [-0.39, 0.29) is 5.82 Å². The second kappa shape index (κ2) is 6.80. The molecule has 0 fully saturated rings. The number of halogens is 1. The molecule has 2 aromatic rings. The average Bonchev–Trinajstić information content (AvgIpc) is 2.51. The Morgan fingerprint density at radius 3 is 2.27 bits per heavy atom. The van der Waals surface area contributed by atoms with Crippen LogP contribution in [0.15, 0.2) is 36.4 Å². The van der Waals surface area contributed by atoms with Crippen LogP contribution >= 0.6 is 0 Å². The molecule has 2 amide bonds. The second-order valence-electron chi connectivity index (χ2n) is 4.59. The van der Waals surface area contributed by atoms with Crippen LogP contribution in [0.3, 0.4) is 0 Å². The second-order valence-corrected chi connectivity index (χ2v) is 4.59. The molecule has 0 saturated heterocycles. The molecule has 22 heavy (non-hydrogen) atoms. The molecule has 0 heterocycles. The Labute approximate surface area is 128 Å². The minimum Gasteiger partial charge on any atom is -0.497 e. The third kappa shape index (κ3) is 3.66. The van der Waals surface area contributed by atoms with Crippen molar-refractivity contribution in [3.05, 3.63) is 47.8 Å². The van der Waals surface area contributed by atoms with Crippen molar-refractivity contribution in [2.24, 2.45) is 0 Å². The van der Waals surface area contributed by atoms with Gasteiger partial charge in [0.25, 0.3) is 0 Å². The van der Waals surface area contributed by atoms with Gasteiger partial charge in [-0.05, 0) is 19.1 Å². The highest BCUT2D eigenvalue weighted by molar-refractivity contribution is 6.00. The zero-order valence-corrected chi connectivity index (χ0v) is 12.6. The number of nitrogens with one attached hydrogen (secondary N) is 2. The van der Waals surface area contributed by atoms with E-state index in [9.17, 15) is 9.18 Å². The van der Waals surface area contributed by atoms with Crippen LogP contribution in [0.2, 0.25) is 0 Å². The van der Waals surface area contributed by atoms with E-state index in [0.29, 0.717) is 28.4 Å². The van der Waals surface area contributed by atoms with Crippen LogP contribution in [0.1, 0.15) is 5.56 Å². The fraction of sp³-hybridized carbons (Fsp3) is 0.188. The van der Waals surface area contributed by atoms with Gasteiger partial charge in [0.15, 0.2) is 0 Å². The van der Waals surface area contributed by atoms with Gasteiger partial charge in [-0.3, -0.25) is 0 Å². The summed E-state index contributed by atoms with van der Waals surface area (Å²) in [5.74, 6) is 0.731. The molecule has 6 heteroatoms. The number of benzene rings is 2. The van der Waals surface area contributed by atoms with Crippen LogP contribution in [-0.2, 0) is 0 Å². The third-order valence-electron chi connectivity index (χ3n) is 3.13. The van der Waals surface area contributed by atoms with Crippen LogP contribution in [0.25, 0.3) is 0 Å². The molecule has 2 rings (SSSR count). The topological polar surface area (TPSA) is 59.6 Å². The van der Waals surface area contributed by atoms with Crippen molar-refractivity contribution in [2.75, 3.05) is 24.9 Å². The summed E-state index contributed by atoms with van der Waals surface area (Å²) in [7, 11) is 3.05. The molecule has 2 N–H and O–H groups in total. The number of amides is 2. The van der Waals surface area contributed by atoms with Gasteiger partial charge in [-0.15, -0.1) is 0 Å². The lowest BCUT2D eigenvalue weighted by atomic mass is 10.2. The number of methoxy groups -OCH3 is 2. The number of ether oxygens (including phenoxy) is 2. The van der Waals surface area contributed by atoms with Gasteiger partial charge in [0, 0.05) is 35.1 Å². The van der Waals surface area contributed by atoms with E-state index in [0.717, 1.165) is 0 Å². The summed E-state index contributed by atoms with van der Waals surface area (Å²) in [6.07, 6.45) is 0. The molecule has 0 aliphatic carbocycles. The largest absolute Gasteiger partial charge is 0.497 e. The Morgan fingerprint density at radius 2 is 1.68 bits per heavy atom. The van der Waals surface area contributed by atoms with E-state index < -0.39 is 6.03 Å². The van der Waals surface area contributed by atoms with E-state index >= 15 is 0 Å². The van der Waals surface area contributed by atoms with E-state index in [2.05, 4.69) is 10.6 Å². The van der Waals surface area contributed by atoms with Gasteiger partial charge in [0.1, 0.15) is 17.3 Å². The molecule has 2 aromatic carbocycles. The molecule has 0 aliphatic rings. The molecule has 0 unspecified atom stereocenters. The Bertz CT molecular complexity index is 667. The predicted octanol–water partition coefficient (Wildman–Crippen LogP) is 3.80. The van der Waals surface area contributed by atoms with Gasteiger partial charge in [-0.2, -0.15) is 0 Å². The van der Waals surface area contributed by atoms with Gasteiger partial charge >= 0.3 is 6.03 Å². The van der Waals surface area contributed by atoms with Crippen molar-refractivity contribution < 1.29 is 18.7 Å². The van der Waals surface area contributed by atoms with E-state index in [1.165, 1.54) is 26.4 Å². The van der Waals surface area contributed by atoms with Crippen molar-refractivity contribution in [2.45, 2.75) is 6.92 Å². The summed E-state index contributed by atoms with van der Waals surface area (Å²) in [6, 6.07) is 9.02. The number of hydrogen-bond donors (Lipinski definition) is 2. The summed E-state index contributed by atoms with van der Waals surface area (Å²) in [5, 5.41) is 5.26. The Balaban J connectivity index is 2.13. The van der Waals surface area contributed by atoms with E-state index in [1.807, 2.05) is 0 Å². The number of rotatable bonds is 4. The van der Waals surface area contributed by atoms with Crippen LogP contribution < -0.4 is 20.1 Å². The maximum Gasteiger partial charge on any atom is 0.323 e. The van der Waals surface area contributed by atoms with Gasteiger partial charge in [-0.1, -0.05) is 6.07 Å². The molecule has 0 aliphatic heterocycles. The summed E-state index contributed by atoms with van der Waals surface area (Å²) in [4.78, 5) is 12.0. The predicted molar refractivity (Wildman–Crippen MR) is 83.3 cm³/mol. The molecule has 5 nitrogen and oxygen atoms in total. The van der Waals surface area contributed by atoms with Crippen molar-refractivity contribution in [3.8, 4) is 11.5 Å². The molecule has 0 saturated carbocycles. The highest BCUT2D eigenvalue weighted by Gasteiger charge is 2.09. The first-order valence-electron chi connectivity index (χ1n) is 6.59. The first-order valence-corrected chi connectivity index (χ1v) is 6.59. The minimum absolute atomic E-state index is 0.374. The number of urea groups is 1. The average molecular weight is 304 g/mol. The Morgan fingerprint density at radius 1 is 1.05 bits per heavy atom. The van der Waals surface area contributed by atoms with Crippen LogP contribution in [0, 0.1) is 12.7 Å². The molecular formula is C16H17FN2O3. The lowest BCUT2D eigenvalue weighted by Gasteiger charge is -2.12. The monoisotopic (exact) mass is 304 g/mol. The lowest BCUT2D eigenvalue weighted by molar-refractivity contribution is 0.262. The number of carbonyl (C=O) groups excluding carboxylic acids is 1. The summed E-state index contributed by atoms with van der Waals surface area (Å²) < 4.78 is 23.7. The quantitative estimate of drug-likeness (QED) is 0.903.